The molecule has 2 aliphatic rings. The fourth-order valence-electron chi connectivity index (χ4n) is 3.69. The topological polar surface area (TPSA) is 12.0 Å². The molecule has 1 saturated carbocycles. The van der Waals surface area contributed by atoms with Crippen LogP contribution < -0.4 is 5.32 Å². The minimum Gasteiger partial charge on any atom is -0.374 e. The van der Waals surface area contributed by atoms with Crippen molar-refractivity contribution in [3.8, 4) is 0 Å². The minimum absolute atomic E-state index is 0.0294. The molecular weight excluding hydrogens is 318 g/mol. The van der Waals surface area contributed by atoms with Crippen molar-refractivity contribution in [1.82, 2.24) is 0 Å². The van der Waals surface area contributed by atoms with Crippen molar-refractivity contribution < 1.29 is 0 Å². The second kappa shape index (κ2) is 5.08. The first-order valence-corrected chi connectivity index (χ1v) is 8.91. The molecular formula is C17H16ClNS2. The number of benzene rings is 1. The summed E-state index contributed by atoms with van der Waals surface area (Å²) in [4.78, 5) is 2.59. The average Bonchev–Trinajstić information content (AvgIpc) is 3.06. The Bertz CT molecular complexity index is 681. The van der Waals surface area contributed by atoms with E-state index in [0.717, 1.165) is 30.0 Å². The fraction of sp³-hybridized carbons (Fsp3) is 0.353. The number of para-hydroxylation sites is 1. The third-order valence-electron chi connectivity index (χ3n) is 4.73. The van der Waals surface area contributed by atoms with Crippen LogP contribution in [0.3, 0.4) is 0 Å². The van der Waals surface area contributed by atoms with Gasteiger partial charge in [0, 0.05) is 21.8 Å². The van der Waals surface area contributed by atoms with E-state index in [0.29, 0.717) is 5.92 Å². The third-order valence-corrected chi connectivity index (χ3v) is 6.72. The van der Waals surface area contributed by atoms with Crippen molar-refractivity contribution in [2.75, 3.05) is 5.32 Å². The monoisotopic (exact) mass is 333 g/mol. The molecule has 0 radical (unpaired) electrons. The van der Waals surface area contributed by atoms with Gasteiger partial charge in [0.05, 0.1) is 9.88 Å². The summed E-state index contributed by atoms with van der Waals surface area (Å²) < 4.78 is 0.884. The SMILES string of the molecule is S=C1CCC(c2ccc(Cl)s2)CC12Cc1ccccc1N2. The second-order valence-electron chi connectivity index (χ2n) is 6.05. The van der Waals surface area contributed by atoms with Crippen molar-refractivity contribution >= 4 is 45.7 Å². The number of rotatable bonds is 1. The first kappa shape index (κ1) is 13.7. The van der Waals surface area contributed by atoms with Crippen LogP contribution in [0.15, 0.2) is 36.4 Å². The minimum atomic E-state index is -0.0294. The molecule has 4 heteroatoms. The first-order chi connectivity index (χ1) is 10.2. The van der Waals surface area contributed by atoms with Gasteiger partial charge >= 0.3 is 0 Å². The molecule has 21 heavy (non-hydrogen) atoms. The van der Waals surface area contributed by atoms with Gasteiger partial charge in [0.1, 0.15) is 0 Å². The standard InChI is InChI=1S/C17H16ClNS2/c18-16-8-6-14(21-16)12-5-7-15(20)17(10-12)9-11-3-1-2-4-13(11)19-17/h1-4,6,8,12,19H,5,7,9-10H2. The Balaban J connectivity index is 1.65. The van der Waals surface area contributed by atoms with E-state index < -0.39 is 0 Å². The molecule has 1 spiro atoms. The molecule has 1 aliphatic carbocycles. The number of thiocarbonyl (C=S) groups is 1. The number of nitrogens with one attached hydrogen (secondary N) is 1. The summed E-state index contributed by atoms with van der Waals surface area (Å²) in [6, 6.07) is 12.8. The summed E-state index contributed by atoms with van der Waals surface area (Å²) in [7, 11) is 0. The van der Waals surface area contributed by atoms with E-state index in [1.54, 1.807) is 11.3 Å². The lowest BCUT2D eigenvalue weighted by Crippen LogP contribution is -2.47. The molecule has 1 aromatic heterocycles. The van der Waals surface area contributed by atoms with E-state index in [2.05, 4.69) is 35.6 Å². The Morgan fingerprint density at radius 2 is 2.10 bits per heavy atom. The van der Waals surface area contributed by atoms with E-state index in [-0.39, 0.29) is 5.54 Å². The van der Waals surface area contributed by atoms with Crippen molar-refractivity contribution in [3.63, 3.8) is 0 Å². The Hall–Kier alpha value is -0.900. The molecule has 1 N–H and O–H groups in total. The summed E-state index contributed by atoms with van der Waals surface area (Å²) in [6.07, 6.45) is 4.28. The van der Waals surface area contributed by atoms with Gasteiger partial charge in [-0.3, -0.25) is 0 Å². The van der Waals surface area contributed by atoms with Crippen molar-refractivity contribution in [1.29, 1.82) is 0 Å². The Morgan fingerprint density at radius 3 is 2.86 bits per heavy atom. The van der Waals surface area contributed by atoms with Crippen LogP contribution in [0.2, 0.25) is 4.34 Å². The molecule has 4 rings (SSSR count). The zero-order chi connectivity index (χ0) is 14.4. The molecule has 0 saturated heterocycles. The van der Waals surface area contributed by atoms with Gasteiger partial charge in [0.25, 0.3) is 0 Å². The quantitative estimate of drug-likeness (QED) is 0.697. The van der Waals surface area contributed by atoms with Crippen molar-refractivity contribution in [2.45, 2.75) is 37.1 Å². The normalized spacial score (nSPS) is 27.7. The molecule has 1 aliphatic heterocycles. The van der Waals surface area contributed by atoms with Crippen LogP contribution >= 0.6 is 35.2 Å². The van der Waals surface area contributed by atoms with Gasteiger partial charge in [-0.2, -0.15) is 0 Å². The van der Waals surface area contributed by atoms with Crippen LogP contribution in [0.1, 0.15) is 35.6 Å². The predicted molar refractivity (Wildman–Crippen MR) is 95.0 cm³/mol. The Labute approximate surface area is 139 Å². The van der Waals surface area contributed by atoms with Gasteiger partial charge < -0.3 is 5.32 Å². The lowest BCUT2D eigenvalue weighted by Gasteiger charge is -2.39. The van der Waals surface area contributed by atoms with E-state index in [1.807, 2.05) is 6.07 Å². The molecule has 2 unspecified atom stereocenters. The van der Waals surface area contributed by atoms with Crippen molar-refractivity contribution in [3.05, 3.63) is 51.2 Å². The number of hydrogen-bond acceptors (Lipinski definition) is 3. The van der Waals surface area contributed by atoms with Gasteiger partial charge in [0.15, 0.2) is 0 Å². The highest BCUT2D eigenvalue weighted by Crippen LogP contribution is 2.46. The molecule has 0 bridgehead atoms. The average molecular weight is 334 g/mol. The largest absolute Gasteiger partial charge is 0.374 e. The van der Waals surface area contributed by atoms with E-state index in [9.17, 15) is 0 Å². The maximum Gasteiger partial charge on any atom is 0.0931 e. The van der Waals surface area contributed by atoms with Crippen LogP contribution in [0.5, 0.6) is 0 Å². The summed E-state index contributed by atoms with van der Waals surface area (Å²) in [5.74, 6) is 0.566. The lowest BCUT2D eigenvalue weighted by atomic mass is 9.73. The molecule has 108 valence electrons. The Kier molecular flexibility index (Phi) is 3.32. The smallest absolute Gasteiger partial charge is 0.0931 e. The first-order valence-electron chi connectivity index (χ1n) is 7.31. The fourth-order valence-corrected chi connectivity index (χ4v) is 5.21. The summed E-state index contributed by atoms with van der Waals surface area (Å²) in [6.45, 7) is 0. The molecule has 2 heterocycles. The van der Waals surface area contributed by atoms with Crippen LogP contribution in [0.4, 0.5) is 5.69 Å². The van der Waals surface area contributed by atoms with Gasteiger partial charge in [-0.1, -0.05) is 42.0 Å². The molecule has 1 aromatic carbocycles. The predicted octanol–water partition coefficient (Wildman–Crippen LogP) is 5.45. The van der Waals surface area contributed by atoms with Gasteiger partial charge in [0.2, 0.25) is 0 Å². The molecule has 2 atom stereocenters. The second-order valence-corrected chi connectivity index (χ2v) is 8.29. The maximum atomic E-state index is 6.11. The Morgan fingerprint density at radius 1 is 1.24 bits per heavy atom. The number of halogens is 1. The summed E-state index contributed by atoms with van der Waals surface area (Å²) in [5, 5.41) is 3.74. The van der Waals surface area contributed by atoms with Crippen LogP contribution in [0, 0.1) is 0 Å². The summed E-state index contributed by atoms with van der Waals surface area (Å²) >= 11 is 13.6. The zero-order valence-electron chi connectivity index (χ0n) is 11.6. The number of hydrogen-bond donors (Lipinski definition) is 1. The van der Waals surface area contributed by atoms with Gasteiger partial charge in [-0.15, -0.1) is 11.3 Å². The van der Waals surface area contributed by atoms with E-state index in [4.69, 9.17) is 23.8 Å². The van der Waals surface area contributed by atoms with Gasteiger partial charge in [-0.25, -0.2) is 0 Å². The zero-order valence-corrected chi connectivity index (χ0v) is 14.0. The van der Waals surface area contributed by atoms with Crippen LogP contribution in [0.25, 0.3) is 0 Å². The van der Waals surface area contributed by atoms with Gasteiger partial charge in [-0.05, 0) is 48.9 Å². The highest BCUT2D eigenvalue weighted by molar-refractivity contribution is 7.80. The highest BCUT2D eigenvalue weighted by Gasteiger charge is 2.44. The molecule has 2 aromatic rings. The van der Waals surface area contributed by atoms with E-state index >= 15 is 0 Å². The van der Waals surface area contributed by atoms with Crippen molar-refractivity contribution in [2.24, 2.45) is 0 Å². The molecule has 1 nitrogen and oxygen atoms in total. The summed E-state index contributed by atoms with van der Waals surface area (Å²) in [5.41, 5.74) is 2.62. The van der Waals surface area contributed by atoms with E-state index in [1.165, 1.54) is 21.0 Å². The number of anilines is 1. The highest BCUT2D eigenvalue weighted by atomic mass is 35.5. The lowest BCUT2D eigenvalue weighted by molar-refractivity contribution is 0.452. The number of fused-ring (bicyclic) bond motifs is 1. The third kappa shape index (κ3) is 2.32. The maximum absolute atomic E-state index is 6.11. The van der Waals surface area contributed by atoms with Crippen LogP contribution in [-0.2, 0) is 6.42 Å². The molecule has 1 fully saturated rings. The molecule has 0 amide bonds. The number of thiophene rings is 1. The van der Waals surface area contributed by atoms with Crippen LogP contribution in [-0.4, -0.2) is 10.4 Å².